The number of hydrogen-bond acceptors (Lipinski definition) is 3. The number of carbonyl (C=O) groups is 2. The van der Waals surface area contributed by atoms with Gasteiger partial charge >= 0.3 is 0 Å². The van der Waals surface area contributed by atoms with Crippen molar-refractivity contribution in [3.8, 4) is 0 Å². The number of amides is 2. The Morgan fingerprint density at radius 3 is 2.11 bits per heavy atom. The van der Waals surface area contributed by atoms with E-state index in [-0.39, 0.29) is 29.7 Å². The minimum atomic E-state index is -0.305. The zero-order chi connectivity index (χ0) is 19.2. The van der Waals surface area contributed by atoms with Gasteiger partial charge in [-0.3, -0.25) is 9.59 Å². The monoisotopic (exact) mass is 364 g/mol. The van der Waals surface area contributed by atoms with E-state index < -0.39 is 0 Å². The molecule has 2 aromatic rings. The van der Waals surface area contributed by atoms with Crippen LogP contribution in [0.1, 0.15) is 29.8 Å². The maximum Gasteiger partial charge on any atom is 0.270 e. The van der Waals surface area contributed by atoms with Crippen LogP contribution in [0.5, 0.6) is 0 Å². The lowest BCUT2D eigenvalue weighted by atomic mass is 10.1. The Balaban J connectivity index is 1.87. The fourth-order valence-electron chi connectivity index (χ4n) is 3.17. The SMILES string of the molecule is C[C@H]1CN(C(=O)C(=Cc2ccccc2)NC(=O)c2ccccc2)C[C@H](C)O1. The number of ether oxygens (including phenoxy) is 1. The highest BCUT2D eigenvalue weighted by atomic mass is 16.5. The van der Waals surface area contributed by atoms with Crippen LogP contribution in [0.3, 0.4) is 0 Å². The molecule has 2 amide bonds. The average Bonchev–Trinajstić information content (AvgIpc) is 2.67. The lowest BCUT2D eigenvalue weighted by Gasteiger charge is -2.35. The van der Waals surface area contributed by atoms with Crippen molar-refractivity contribution in [2.45, 2.75) is 26.1 Å². The highest BCUT2D eigenvalue weighted by Gasteiger charge is 2.28. The summed E-state index contributed by atoms with van der Waals surface area (Å²) in [5.74, 6) is -0.509. The fourth-order valence-corrected chi connectivity index (χ4v) is 3.17. The molecule has 5 heteroatoms. The van der Waals surface area contributed by atoms with Crippen LogP contribution in [0, 0.1) is 0 Å². The Bertz CT molecular complexity index is 808. The van der Waals surface area contributed by atoms with Crippen LogP contribution >= 0.6 is 0 Å². The topological polar surface area (TPSA) is 58.6 Å². The lowest BCUT2D eigenvalue weighted by molar-refractivity contribution is -0.139. The van der Waals surface area contributed by atoms with E-state index in [1.165, 1.54) is 0 Å². The summed E-state index contributed by atoms with van der Waals surface area (Å²) in [4.78, 5) is 27.5. The number of morpholine rings is 1. The van der Waals surface area contributed by atoms with Crippen molar-refractivity contribution in [3.05, 3.63) is 77.5 Å². The molecule has 0 aromatic heterocycles. The predicted molar refractivity (Wildman–Crippen MR) is 105 cm³/mol. The number of nitrogens with one attached hydrogen (secondary N) is 1. The smallest absolute Gasteiger partial charge is 0.270 e. The molecule has 0 aliphatic carbocycles. The standard InChI is InChI=1S/C22H24N2O3/c1-16-14-24(15-17(2)27-16)22(26)20(13-18-9-5-3-6-10-18)23-21(25)19-11-7-4-8-12-19/h3-13,16-17H,14-15H2,1-2H3,(H,23,25)/t16-,17-/m0/s1. The summed E-state index contributed by atoms with van der Waals surface area (Å²) < 4.78 is 5.71. The number of rotatable bonds is 4. The van der Waals surface area contributed by atoms with E-state index in [2.05, 4.69) is 5.32 Å². The third-order valence-electron chi connectivity index (χ3n) is 4.33. The Hall–Kier alpha value is -2.92. The average molecular weight is 364 g/mol. The lowest BCUT2D eigenvalue weighted by Crippen LogP contribution is -2.50. The predicted octanol–water partition coefficient (Wildman–Crippen LogP) is 3.09. The van der Waals surface area contributed by atoms with Gasteiger partial charge in [-0.15, -0.1) is 0 Å². The Labute approximate surface area is 159 Å². The fraction of sp³-hybridized carbons (Fsp3) is 0.273. The number of carbonyl (C=O) groups excluding carboxylic acids is 2. The van der Waals surface area contributed by atoms with Crippen molar-refractivity contribution in [3.63, 3.8) is 0 Å². The summed E-state index contributed by atoms with van der Waals surface area (Å²) in [6, 6.07) is 18.4. The van der Waals surface area contributed by atoms with E-state index in [1.54, 1.807) is 35.2 Å². The Kier molecular flexibility index (Phi) is 6.04. The molecule has 140 valence electrons. The molecule has 1 heterocycles. The molecular weight excluding hydrogens is 340 g/mol. The molecule has 2 aromatic carbocycles. The molecule has 0 saturated carbocycles. The normalized spacial score (nSPS) is 20.2. The Morgan fingerprint density at radius 2 is 1.52 bits per heavy atom. The first kappa shape index (κ1) is 18.9. The molecule has 5 nitrogen and oxygen atoms in total. The Morgan fingerprint density at radius 1 is 0.963 bits per heavy atom. The van der Waals surface area contributed by atoms with Crippen LogP contribution in [-0.4, -0.2) is 42.0 Å². The largest absolute Gasteiger partial charge is 0.372 e. The second-order valence-corrected chi connectivity index (χ2v) is 6.76. The van der Waals surface area contributed by atoms with Gasteiger partial charge in [0.15, 0.2) is 0 Å². The van der Waals surface area contributed by atoms with Gasteiger partial charge < -0.3 is 15.0 Å². The van der Waals surface area contributed by atoms with Gasteiger partial charge in [0.2, 0.25) is 0 Å². The molecule has 2 atom stereocenters. The van der Waals surface area contributed by atoms with Crippen LogP contribution in [0.25, 0.3) is 6.08 Å². The highest BCUT2D eigenvalue weighted by Crippen LogP contribution is 2.15. The molecule has 1 aliphatic heterocycles. The van der Waals surface area contributed by atoms with Crippen molar-refractivity contribution < 1.29 is 14.3 Å². The number of hydrogen-bond donors (Lipinski definition) is 1. The van der Waals surface area contributed by atoms with Crippen molar-refractivity contribution in [2.75, 3.05) is 13.1 Å². The zero-order valence-corrected chi connectivity index (χ0v) is 15.6. The van der Waals surface area contributed by atoms with E-state index >= 15 is 0 Å². The molecule has 1 aliphatic rings. The second-order valence-electron chi connectivity index (χ2n) is 6.76. The first-order chi connectivity index (χ1) is 13.0. The molecule has 0 bridgehead atoms. The van der Waals surface area contributed by atoms with Crippen molar-refractivity contribution >= 4 is 17.9 Å². The summed E-state index contributed by atoms with van der Waals surface area (Å²) in [5.41, 5.74) is 1.62. The van der Waals surface area contributed by atoms with Crippen LogP contribution in [0.15, 0.2) is 66.4 Å². The van der Waals surface area contributed by atoms with Crippen LogP contribution < -0.4 is 5.32 Å². The van der Waals surface area contributed by atoms with Crippen molar-refractivity contribution in [2.24, 2.45) is 0 Å². The summed E-state index contributed by atoms with van der Waals surface area (Å²) in [6.07, 6.45) is 1.63. The quantitative estimate of drug-likeness (QED) is 0.848. The second kappa shape index (κ2) is 8.64. The maximum absolute atomic E-state index is 13.1. The molecule has 0 unspecified atom stereocenters. The first-order valence-electron chi connectivity index (χ1n) is 9.11. The molecule has 1 saturated heterocycles. The number of benzene rings is 2. The maximum atomic E-state index is 13.1. The van der Waals surface area contributed by atoms with Gasteiger partial charge in [-0.25, -0.2) is 0 Å². The molecule has 1 fully saturated rings. The van der Waals surface area contributed by atoms with E-state index in [0.717, 1.165) is 5.56 Å². The minimum absolute atomic E-state index is 0.0412. The summed E-state index contributed by atoms with van der Waals surface area (Å²) in [6.45, 7) is 4.88. The molecule has 1 N–H and O–H groups in total. The van der Waals surface area contributed by atoms with Gasteiger partial charge in [0, 0.05) is 18.7 Å². The number of nitrogens with zero attached hydrogens (tertiary/aromatic N) is 1. The van der Waals surface area contributed by atoms with Gasteiger partial charge in [-0.1, -0.05) is 48.5 Å². The summed E-state index contributed by atoms with van der Waals surface area (Å²) in [7, 11) is 0. The van der Waals surface area contributed by atoms with E-state index in [9.17, 15) is 9.59 Å². The zero-order valence-electron chi connectivity index (χ0n) is 15.6. The highest BCUT2D eigenvalue weighted by molar-refractivity contribution is 6.05. The van der Waals surface area contributed by atoms with Gasteiger partial charge in [0.25, 0.3) is 11.8 Å². The molecule has 0 radical (unpaired) electrons. The minimum Gasteiger partial charge on any atom is -0.372 e. The van der Waals surface area contributed by atoms with E-state index in [1.807, 2.05) is 50.2 Å². The molecule has 27 heavy (non-hydrogen) atoms. The summed E-state index contributed by atoms with van der Waals surface area (Å²) >= 11 is 0. The van der Waals surface area contributed by atoms with Gasteiger partial charge in [0.1, 0.15) is 5.70 Å². The summed E-state index contributed by atoms with van der Waals surface area (Å²) in [5, 5.41) is 2.80. The molecule has 3 rings (SSSR count). The molecule has 0 spiro atoms. The van der Waals surface area contributed by atoms with E-state index in [4.69, 9.17) is 4.74 Å². The van der Waals surface area contributed by atoms with Crippen molar-refractivity contribution in [1.82, 2.24) is 10.2 Å². The van der Waals surface area contributed by atoms with Crippen LogP contribution in [-0.2, 0) is 9.53 Å². The third kappa shape index (κ3) is 5.05. The first-order valence-corrected chi connectivity index (χ1v) is 9.11. The van der Waals surface area contributed by atoms with Crippen molar-refractivity contribution in [1.29, 1.82) is 0 Å². The van der Waals surface area contributed by atoms with E-state index in [0.29, 0.717) is 18.7 Å². The van der Waals surface area contributed by atoms with Crippen LogP contribution in [0.4, 0.5) is 0 Å². The van der Waals surface area contributed by atoms with Gasteiger partial charge in [0.05, 0.1) is 12.2 Å². The van der Waals surface area contributed by atoms with Gasteiger partial charge in [-0.05, 0) is 37.6 Å². The molecular formula is C22H24N2O3. The van der Waals surface area contributed by atoms with Gasteiger partial charge in [-0.2, -0.15) is 0 Å². The van der Waals surface area contributed by atoms with Crippen LogP contribution in [0.2, 0.25) is 0 Å². The third-order valence-corrected chi connectivity index (χ3v) is 4.33.